The lowest BCUT2D eigenvalue weighted by Gasteiger charge is -2.18. The average molecular weight is 418 g/mol. The lowest BCUT2D eigenvalue weighted by molar-refractivity contribution is -0.116. The molecule has 0 bridgehead atoms. The Bertz CT molecular complexity index is 1100. The SMILES string of the molecule is O=C(Nc1ccc(Cl)c(-c2ccc(CO)o2)c1)C(c1ccccc1)c1ccccc1. The summed E-state index contributed by atoms with van der Waals surface area (Å²) in [5.74, 6) is 0.388. The maximum atomic E-state index is 13.3. The Balaban J connectivity index is 1.65. The predicted octanol–water partition coefficient (Wildman–Crippen LogP) is 5.86. The molecule has 150 valence electrons. The number of hydrogen-bond acceptors (Lipinski definition) is 3. The van der Waals surface area contributed by atoms with Gasteiger partial charge in [0.05, 0.1) is 10.9 Å². The first-order chi connectivity index (χ1) is 14.7. The van der Waals surface area contributed by atoms with Crippen molar-refractivity contribution in [2.24, 2.45) is 0 Å². The van der Waals surface area contributed by atoms with E-state index in [1.807, 2.05) is 60.7 Å². The zero-order valence-electron chi connectivity index (χ0n) is 16.1. The summed E-state index contributed by atoms with van der Waals surface area (Å²) in [4.78, 5) is 13.3. The molecule has 0 saturated heterocycles. The van der Waals surface area contributed by atoms with Crippen molar-refractivity contribution in [1.82, 2.24) is 0 Å². The fraction of sp³-hybridized carbons (Fsp3) is 0.0800. The van der Waals surface area contributed by atoms with Crippen LogP contribution in [0.3, 0.4) is 0 Å². The standard InChI is InChI=1S/C25H20ClNO3/c26-22-13-11-19(15-21(22)23-14-12-20(16-28)30-23)27-25(29)24(17-7-3-1-4-8-17)18-9-5-2-6-10-18/h1-15,24,28H,16H2,(H,27,29). The molecule has 2 N–H and O–H groups in total. The molecule has 30 heavy (non-hydrogen) atoms. The summed E-state index contributed by atoms with van der Waals surface area (Å²) in [6.07, 6.45) is 0. The molecular formula is C25H20ClNO3. The topological polar surface area (TPSA) is 62.5 Å². The molecule has 1 amide bonds. The van der Waals surface area contributed by atoms with Crippen LogP contribution < -0.4 is 5.32 Å². The Hall–Kier alpha value is -3.34. The third-order valence-electron chi connectivity index (χ3n) is 4.84. The molecule has 4 nitrogen and oxygen atoms in total. The van der Waals surface area contributed by atoms with Gasteiger partial charge in [0.2, 0.25) is 5.91 Å². The van der Waals surface area contributed by atoms with Crippen LogP contribution in [-0.4, -0.2) is 11.0 Å². The van der Waals surface area contributed by atoms with Crippen molar-refractivity contribution in [2.45, 2.75) is 12.5 Å². The monoisotopic (exact) mass is 417 g/mol. The minimum Gasteiger partial charge on any atom is -0.459 e. The molecule has 4 rings (SSSR count). The highest BCUT2D eigenvalue weighted by molar-refractivity contribution is 6.33. The number of aliphatic hydroxyl groups excluding tert-OH is 1. The number of rotatable bonds is 6. The Morgan fingerprint density at radius 2 is 1.53 bits per heavy atom. The number of amides is 1. The number of aliphatic hydroxyl groups is 1. The Morgan fingerprint density at radius 1 is 0.900 bits per heavy atom. The number of hydrogen-bond donors (Lipinski definition) is 2. The molecular weight excluding hydrogens is 398 g/mol. The van der Waals surface area contributed by atoms with Crippen molar-refractivity contribution in [1.29, 1.82) is 0 Å². The molecule has 1 aromatic heterocycles. The third kappa shape index (κ3) is 4.30. The van der Waals surface area contributed by atoms with E-state index in [1.165, 1.54) is 0 Å². The smallest absolute Gasteiger partial charge is 0.236 e. The predicted molar refractivity (Wildman–Crippen MR) is 118 cm³/mol. The van der Waals surface area contributed by atoms with Gasteiger partial charge in [-0.15, -0.1) is 0 Å². The van der Waals surface area contributed by atoms with Crippen LogP contribution in [0.15, 0.2) is 95.4 Å². The molecule has 0 spiro atoms. The van der Waals surface area contributed by atoms with Crippen molar-refractivity contribution in [3.8, 4) is 11.3 Å². The fourth-order valence-electron chi connectivity index (χ4n) is 3.40. The van der Waals surface area contributed by atoms with Crippen molar-refractivity contribution in [3.63, 3.8) is 0 Å². The number of nitrogens with one attached hydrogen (secondary N) is 1. The van der Waals surface area contributed by atoms with Crippen LogP contribution in [0.25, 0.3) is 11.3 Å². The lowest BCUT2D eigenvalue weighted by Crippen LogP contribution is -2.22. The van der Waals surface area contributed by atoms with Crippen LogP contribution >= 0.6 is 11.6 Å². The molecule has 0 atom stereocenters. The first-order valence-corrected chi connectivity index (χ1v) is 9.94. The van der Waals surface area contributed by atoms with Crippen LogP contribution in [0.5, 0.6) is 0 Å². The van der Waals surface area contributed by atoms with E-state index in [0.29, 0.717) is 27.8 Å². The molecule has 3 aromatic carbocycles. The van der Waals surface area contributed by atoms with Gasteiger partial charge in [-0.2, -0.15) is 0 Å². The van der Waals surface area contributed by atoms with E-state index in [9.17, 15) is 9.90 Å². The van der Waals surface area contributed by atoms with Gasteiger partial charge in [0.1, 0.15) is 18.1 Å². The molecule has 1 heterocycles. The second-order valence-corrected chi connectivity index (χ2v) is 7.27. The summed E-state index contributed by atoms with van der Waals surface area (Å²) in [6, 6.07) is 28.0. The van der Waals surface area contributed by atoms with E-state index in [0.717, 1.165) is 11.1 Å². The van der Waals surface area contributed by atoms with Crippen molar-refractivity contribution in [3.05, 3.63) is 113 Å². The lowest BCUT2D eigenvalue weighted by atomic mass is 9.90. The first kappa shape index (κ1) is 20.0. The summed E-state index contributed by atoms with van der Waals surface area (Å²) >= 11 is 6.34. The van der Waals surface area contributed by atoms with Gasteiger partial charge in [0.15, 0.2) is 0 Å². The third-order valence-corrected chi connectivity index (χ3v) is 5.17. The molecule has 0 aliphatic heterocycles. The van der Waals surface area contributed by atoms with Crippen LogP contribution in [0.4, 0.5) is 5.69 Å². The largest absolute Gasteiger partial charge is 0.459 e. The normalized spacial score (nSPS) is 10.9. The van der Waals surface area contributed by atoms with Gasteiger partial charge in [-0.05, 0) is 41.5 Å². The Morgan fingerprint density at radius 3 is 2.10 bits per heavy atom. The van der Waals surface area contributed by atoms with E-state index in [4.69, 9.17) is 16.0 Å². The van der Waals surface area contributed by atoms with E-state index < -0.39 is 5.92 Å². The average Bonchev–Trinajstić information content (AvgIpc) is 3.26. The fourth-order valence-corrected chi connectivity index (χ4v) is 3.61. The van der Waals surface area contributed by atoms with Gasteiger partial charge in [-0.3, -0.25) is 4.79 Å². The van der Waals surface area contributed by atoms with Crippen LogP contribution in [0.1, 0.15) is 22.8 Å². The van der Waals surface area contributed by atoms with Gasteiger partial charge in [0, 0.05) is 11.3 Å². The first-order valence-electron chi connectivity index (χ1n) is 9.56. The highest BCUT2D eigenvalue weighted by Gasteiger charge is 2.23. The summed E-state index contributed by atoms with van der Waals surface area (Å²) < 4.78 is 5.60. The molecule has 0 aliphatic carbocycles. The summed E-state index contributed by atoms with van der Waals surface area (Å²) in [7, 11) is 0. The quantitative estimate of drug-likeness (QED) is 0.413. The molecule has 0 unspecified atom stereocenters. The maximum absolute atomic E-state index is 13.3. The van der Waals surface area contributed by atoms with Gasteiger partial charge in [0.25, 0.3) is 0 Å². The van der Waals surface area contributed by atoms with Crippen LogP contribution in [-0.2, 0) is 11.4 Å². The van der Waals surface area contributed by atoms with Gasteiger partial charge < -0.3 is 14.8 Å². The Labute approximate surface area is 179 Å². The second-order valence-electron chi connectivity index (χ2n) is 6.86. The van der Waals surface area contributed by atoms with Crippen LogP contribution in [0, 0.1) is 0 Å². The molecule has 0 radical (unpaired) electrons. The molecule has 5 heteroatoms. The highest BCUT2D eigenvalue weighted by atomic mass is 35.5. The van der Waals surface area contributed by atoms with Crippen LogP contribution in [0.2, 0.25) is 5.02 Å². The number of carbonyl (C=O) groups is 1. The van der Waals surface area contributed by atoms with E-state index in [2.05, 4.69) is 5.32 Å². The van der Waals surface area contributed by atoms with Gasteiger partial charge >= 0.3 is 0 Å². The molecule has 0 fully saturated rings. The minimum absolute atomic E-state index is 0.142. The number of anilines is 1. The van der Waals surface area contributed by atoms with Gasteiger partial charge in [-0.25, -0.2) is 0 Å². The summed E-state index contributed by atoms with van der Waals surface area (Å²) in [6.45, 7) is -0.191. The van der Waals surface area contributed by atoms with Crippen molar-refractivity contribution >= 4 is 23.2 Å². The molecule has 0 aliphatic rings. The summed E-state index contributed by atoms with van der Waals surface area (Å²) in [5, 5.41) is 12.7. The maximum Gasteiger partial charge on any atom is 0.236 e. The summed E-state index contributed by atoms with van der Waals surface area (Å²) in [5.41, 5.74) is 3.08. The Kier molecular flexibility index (Phi) is 5.98. The van der Waals surface area contributed by atoms with E-state index >= 15 is 0 Å². The number of carbonyl (C=O) groups excluding carboxylic acids is 1. The molecule has 4 aromatic rings. The van der Waals surface area contributed by atoms with E-state index in [1.54, 1.807) is 30.3 Å². The minimum atomic E-state index is -0.448. The molecule has 0 saturated carbocycles. The number of halogens is 1. The van der Waals surface area contributed by atoms with E-state index in [-0.39, 0.29) is 12.5 Å². The van der Waals surface area contributed by atoms with Gasteiger partial charge in [-0.1, -0.05) is 72.3 Å². The number of benzene rings is 3. The highest BCUT2D eigenvalue weighted by Crippen LogP contribution is 2.33. The number of furan rings is 1. The van der Waals surface area contributed by atoms with Crippen molar-refractivity contribution in [2.75, 3.05) is 5.32 Å². The zero-order valence-corrected chi connectivity index (χ0v) is 16.8. The second kappa shape index (κ2) is 8.99. The van der Waals surface area contributed by atoms with Crippen molar-refractivity contribution < 1.29 is 14.3 Å². The zero-order chi connectivity index (χ0) is 20.9.